The second-order valence-corrected chi connectivity index (χ2v) is 3.32. The van der Waals surface area contributed by atoms with Crippen LogP contribution in [0.4, 0.5) is 0 Å². The van der Waals surface area contributed by atoms with Crippen molar-refractivity contribution in [2.75, 3.05) is 13.2 Å². The van der Waals surface area contributed by atoms with Gasteiger partial charge in [-0.2, -0.15) is 0 Å². The van der Waals surface area contributed by atoms with E-state index in [1.165, 1.54) is 19.3 Å². The first-order valence-corrected chi connectivity index (χ1v) is 4.17. The van der Waals surface area contributed by atoms with Gasteiger partial charge in [0.05, 0.1) is 0 Å². The molecule has 1 aliphatic carbocycles. The molecule has 0 spiro atoms. The van der Waals surface area contributed by atoms with Crippen molar-refractivity contribution < 1.29 is 5.11 Å². The van der Waals surface area contributed by atoms with E-state index in [0.717, 1.165) is 12.3 Å². The molecule has 2 nitrogen and oxygen atoms in total. The second-order valence-electron chi connectivity index (χ2n) is 3.32. The highest BCUT2D eigenvalue weighted by atomic mass is 16.3. The van der Waals surface area contributed by atoms with Gasteiger partial charge in [0.25, 0.3) is 0 Å². The largest absolute Gasteiger partial charge is 0.396 e. The fraction of sp³-hybridized carbons (Fsp3) is 1.00. The van der Waals surface area contributed by atoms with Crippen LogP contribution in [0.1, 0.15) is 25.7 Å². The Balaban J connectivity index is 2.08. The van der Waals surface area contributed by atoms with E-state index >= 15 is 0 Å². The van der Waals surface area contributed by atoms with Crippen molar-refractivity contribution in [2.24, 2.45) is 17.6 Å². The van der Waals surface area contributed by atoms with Crippen molar-refractivity contribution in [1.29, 1.82) is 0 Å². The molecule has 1 aliphatic rings. The topological polar surface area (TPSA) is 46.2 Å². The minimum absolute atomic E-state index is 0.271. The zero-order valence-electron chi connectivity index (χ0n) is 6.42. The SMILES string of the molecule is NC[C@H](CO)CC1CCC1. The quantitative estimate of drug-likeness (QED) is 0.610. The predicted molar refractivity (Wildman–Crippen MR) is 41.6 cm³/mol. The monoisotopic (exact) mass is 143 g/mol. The van der Waals surface area contributed by atoms with Gasteiger partial charge in [-0.05, 0) is 24.8 Å². The molecule has 3 N–H and O–H groups in total. The molecule has 0 unspecified atom stereocenters. The fourth-order valence-electron chi connectivity index (χ4n) is 1.45. The van der Waals surface area contributed by atoms with Crippen molar-refractivity contribution in [3.63, 3.8) is 0 Å². The molecular formula is C8H17NO. The van der Waals surface area contributed by atoms with Crippen LogP contribution in [0.3, 0.4) is 0 Å². The van der Waals surface area contributed by atoms with Gasteiger partial charge in [0.15, 0.2) is 0 Å². The van der Waals surface area contributed by atoms with Crippen LogP contribution >= 0.6 is 0 Å². The smallest absolute Gasteiger partial charge is 0.0471 e. The van der Waals surface area contributed by atoms with Crippen LogP contribution in [0.25, 0.3) is 0 Å². The van der Waals surface area contributed by atoms with E-state index in [0.29, 0.717) is 12.5 Å². The Bertz CT molecular complexity index is 87.3. The molecule has 1 saturated carbocycles. The molecule has 0 heterocycles. The van der Waals surface area contributed by atoms with Gasteiger partial charge in [-0.1, -0.05) is 19.3 Å². The maximum Gasteiger partial charge on any atom is 0.0471 e. The molecule has 0 saturated heterocycles. The molecule has 0 aromatic heterocycles. The Kier molecular flexibility index (Phi) is 3.16. The summed E-state index contributed by atoms with van der Waals surface area (Å²) >= 11 is 0. The third kappa shape index (κ3) is 1.96. The maximum absolute atomic E-state index is 8.81. The maximum atomic E-state index is 8.81. The van der Waals surface area contributed by atoms with E-state index in [2.05, 4.69) is 0 Å². The van der Waals surface area contributed by atoms with Gasteiger partial charge in [0.1, 0.15) is 0 Å². The third-order valence-corrected chi connectivity index (χ3v) is 2.48. The Morgan fingerprint density at radius 3 is 2.50 bits per heavy atom. The number of rotatable bonds is 4. The summed E-state index contributed by atoms with van der Waals surface area (Å²) in [4.78, 5) is 0. The van der Waals surface area contributed by atoms with Gasteiger partial charge in [-0.15, -0.1) is 0 Å². The Hall–Kier alpha value is -0.0800. The van der Waals surface area contributed by atoms with Gasteiger partial charge in [0, 0.05) is 6.61 Å². The molecule has 0 aliphatic heterocycles. The van der Waals surface area contributed by atoms with Gasteiger partial charge >= 0.3 is 0 Å². The first kappa shape index (κ1) is 8.02. The molecule has 0 aromatic carbocycles. The summed E-state index contributed by atoms with van der Waals surface area (Å²) in [5.41, 5.74) is 5.45. The van der Waals surface area contributed by atoms with Crippen molar-refractivity contribution >= 4 is 0 Å². The predicted octanol–water partition coefficient (Wildman–Crippen LogP) is 0.744. The first-order valence-electron chi connectivity index (χ1n) is 4.17. The molecule has 1 atom stereocenters. The summed E-state index contributed by atoms with van der Waals surface area (Å²) in [5, 5.41) is 8.81. The van der Waals surface area contributed by atoms with E-state index in [-0.39, 0.29) is 6.61 Å². The number of hydrogen-bond donors (Lipinski definition) is 2. The van der Waals surface area contributed by atoms with Gasteiger partial charge in [0.2, 0.25) is 0 Å². The third-order valence-electron chi connectivity index (χ3n) is 2.48. The lowest BCUT2D eigenvalue weighted by molar-refractivity contribution is 0.175. The fourth-order valence-corrected chi connectivity index (χ4v) is 1.45. The van der Waals surface area contributed by atoms with E-state index < -0.39 is 0 Å². The zero-order chi connectivity index (χ0) is 7.40. The highest BCUT2D eigenvalue weighted by Gasteiger charge is 2.20. The summed E-state index contributed by atoms with van der Waals surface area (Å²) in [5.74, 6) is 1.24. The molecular weight excluding hydrogens is 126 g/mol. The van der Waals surface area contributed by atoms with Crippen LogP contribution in [-0.4, -0.2) is 18.3 Å². The van der Waals surface area contributed by atoms with Gasteiger partial charge in [-0.25, -0.2) is 0 Å². The molecule has 2 heteroatoms. The number of nitrogens with two attached hydrogens (primary N) is 1. The van der Waals surface area contributed by atoms with Gasteiger partial charge in [-0.3, -0.25) is 0 Å². The first-order chi connectivity index (χ1) is 4.86. The van der Waals surface area contributed by atoms with Crippen molar-refractivity contribution in [3.8, 4) is 0 Å². The number of hydrogen-bond acceptors (Lipinski definition) is 2. The van der Waals surface area contributed by atoms with Gasteiger partial charge < -0.3 is 10.8 Å². The summed E-state index contributed by atoms with van der Waals surface area (Å²) in [7, 11) is 0. The minimum atomic E-state index is 0.271. The zero-order valence-corrected chi connectivity index (χ0v) is 6.42. The van der Waals surface area contributed by atoms with Crippen LogP contribution in [0, 0.1) is 11.8 Å². The highest BCUT2D eigenvalue weighted by molar-refractivity contribution is 4.73. The summed E-state index contributed by atoms with van der Waals surface area (Å²) < 4.78 is 0. The van der Waals surface area contributed by atoms with E-state index in [1.54, 1.807) is 0 Å². The standard InChI is InChI=1S/C8H17NO/c9-5-8(6-10)4-7-2-1-3-7/h7-8,10H,1-6,9H2/t8-/m1/s1. The number of aliphatic hydroxyl groups excluding tert-OH is 1. The lowest BCUT2D eigenvalue weighted by atomic mass is 9.79. The molecule has 0 amide bonds. The molecule has 10 heavy (non-hydrogen) atoms. The molecule has 0 bridgehead atoms. The van der Waals surface area contributed by atoms with Crippen LogP contribution in [0.5, 0.6) is 0 Å². The summed E-state index contributed by atoms with van der Waals surface area (Å²) in [6.07, 6.45) is 5.24. The lowest BCUT2D eigenvalue weighted by Gasteiger charge is -2.28. The summed E-state index contributed by atoms with van der Waals surface area (Å²) in [6, 6.07) is 0. The molecule has 0 aromatic rings. The minimum Gasteiger partial charge on any atom is -0.396 e. The Labute approximate surface area is 62.4 Å². The van der Waals surface area contributed by atoms with Crippen molar-refractivity contribution in [2.45, 2.75) is 25.7 Å². The van der Waals surface area contributed by atoms with Crippen LogP contribution in [0.2, 0.25) is 0 Å². The molecule has 1 fully saturated rings. The van der Waals surface area contributed by atoms with E-state index in [4.69, 9.17) is 10.8 Å². The van der Waals surface area contributed by atoms with Crippen molar-refractivity contribution in [1.82, 2.24) is 0 Å². The van der Waals surface area contributed by atoms with E-state index in [9.17, 15) is 0 Å². The Morgan fingerprint density at radius 2 is 2.20 bits per heavy atom. The second kappa shape index (κ2) is 3.94. The normalized spacial score (nSPS) is 22.2. The van der Waals surface area contributed by atoms with Crippen LogP contribution < -0.4 is 5.73 Å². The average molecular weight is 143 g/mol. The Morgan fingerprint density at radius 1 is 1.50 bits per heavy atom. The van der Waals surface area contributed by atoms with Crippen LogP contribution in [-0.2, 0) is 0 Å². The number of aliphatic hydroxyl groups is 1. The average Bonchev–Trinajstić information content (AvgIpc) is 1.87. The molecule has 1 rings (SSSR count). The summed E-state index contributed by atoms with van der Waals surface area (Å²) in [6.45, 7) is 0.917. The molecule has 60 valence electrons. The van der Waals surface area contributed by atoms with E-state index in [1.807, 2.05) is 0 Å². The molecule has 0 radical (unpaired) electrons. The van der Waals surface area contributed by atoms with Crippen LogP contribution in [0.15, 0.2) is 0 Å². The lowest BCUT2D eigenvalue weighted by Crippen LogP contribution is -2.24. The highest BCUT2D eigenvalue weighted by Crippen LogP contribution is 2.31. The van der Waals surface area contributed by atoms with Crippen molar-refractivity contribution in [3.05, 3.63) is 0 Å².